The quantitative estimate of drug-likeness (QED) is 0.795. The van der Waals surface area contributed by atoms with E-state index in [1.807, 2.05) is 20.9 Å². The van der Waals surface area contributed by atoms with Gasteiger partial charge in [0, 0.05) is 12.7 Å². The number of hydrogen-bond acceptors (Lipinski definition) is 2. The zero-order chi connectivity index (χ0) is 10.7. The molecule has 0 aliphatic heterocycles. The molecule has 1 rings (SSSR count). The lowest BCUT2D eigenvalue weighted by molar-refractivity contribution is 0.168. The Morgan fingerprint density at radius 3 is 2.07 bits per heavy atom. The SMILES string of the molecule is Cc1ccc(N(C)C(C)C(C)O)cc1. The lowest BCUT2D eigenvalue weighted by Crippen LogP contribution is -2.37. The van der Waals surface area contributed by atoms with Crippen LogP contribution in [-0.2, 0) is 0 Å². The normalized spacial score (nSPS) is 14.9. The molecule has 0 aliphatic carbocycles. The van der Waals surface area contributed by atoms with Crippen LogP contribution in [0, 0.1) is 6.92 Å². The fourth-order valence-corrected chi connectivity index (χ4v) is 1.34. The monoisotopic (exact) mass is 193 g/mol. The van der Waals surface area contributed by atoms with Gasteiger partial charge in [0.25, 0.3) is 0 Å². The van der Waals surface area contributed by atoms with E-state index in [9.17, 15) is 5.11 Å². The summed E-state index contributed by atoms with van der Waals surface area (Å²) in [7, 11) is 2.00. The van der Waals surface area contributed by atoms with E-state index in [0.717, 1.165) is 5.69 Å². The molecule has 2 atom stereocenters. The van der Waals surface area contributed by atoms with Crippen LogP contribution < -0.4 is 4.90 Å². The molecule has 0 amide bonds. The number of hydrogen-bond donors (Lipinski definition) is 1. The molecule has 0 saturated heterocycles. The van der Waals surface area contributed by atoms with Crippen molar-refractivity contribution in [2.45, 2.75) is 32.9 Å². The first-order valence-electron chi connectivity index (χ1n) is 5.00. The van der Waals surface area contributed by atoms with E-state index in [4.69, 9.17) is 0 Å². The number of nitrogens with zero attached hydrogens (tertiary/aromatic N) is 1. The topological polar surface area (TPSA) is 23.5 Å². The maximum Gasteiger partial charge on any atom is 0.0712 e. The highest BCUT2D eigenvalue weighted by Gasteiger charge is 2.14. The van der Waals surface area contributed by atoms with Crippen molar-refractivity contribution < 1.29 is 5.11 Å². The summed E-state index contributed by atoms with van der Waals surface area (Å²) in [6.45, 7) is 5.90. The number of aryl methyl sites for hydroxylation is 1. The Morgan fingerprint density at radius 1 is 1.14 bits per heavy atom. The van der Waals surface area contributed by atoms with Gasteiger partial charge in [-0.3, -0.25) is 0 Å². The lowest BCUT2D eigenvalue weighted by Gasteiger charge is -2.29. The van der Waals surface area contributed by atoms with Crippen molar-refractivity contribution >= 4 is 5.69 Å². The predicted molar refractivity (Wildman–Crippen MR) is 60.7 cm³/mol. The summed E-state index contributed by atoms with van der Waals surface area (Å²) in [5.41, 5.74) is 2.40. The molecule has 1 aromatic carbocycles. The van der Waals surface area contributed by atoms with Crippen LogP contribution in [0.1, 0.15) is 19.4 Å². The third kappa shape index (κ3) is 2.48. The highest BCUT2D eigenvalue weighted by molar-refractivity contribution is 5.47. The van der Waals surface area contributed by atoms with Crippen molar-refractivity contribution in [3.05, 3.63) is 29.8 Å². The number of anilines is 1. The molecule has 0 aromatic heterocycles. The molecular weight excluding hydrogens is 174 g/mol. The van der Waals surface area contributed by atoms with Crippen LogP contribution >= 0.6 is 0 Å². The van der Waals surface area contributed by atoms with Crippen LogP contribution in [0.25, 0.3) is 0 Å². The molecule has 1 aromatic rings. The zero-order valence-electron chi connectivity index (χ0n) is 9.36. The summed E-state index contributed by atoms with van der Waals surface area (Å²) in [4.78, 5) is 2.09. The van der Waals surface area contributed by atoms with E-state index in [2.05, 4.69) is 36.1 Å². The molecule has 1 N–H and O–H groups in total. The summed E-state index contributed by atoms with van der Waals surface area (Å²) in [6, 6.07) is 8.46. The Hall–Kier alpha value is -1.02. The van der Waals surface area contributed by atoms with Crippen molar-refractivity contribution in [2.75, 3.05) is 11.9 Å². The van der Waals surface area contributed by atoms with Crippen molar-refractivity contribution in [2.24, 2.45) is 0 Å². The third-order valence-electron chi connectivity index (χ3n) is 2.75. The molecule has 0 saturated carbocycles. The van der Waals surface area contributed by atoms with Crippen molar-refractivity contribution in [1.29, 1.82) is 0 Å². The number of aliphatic hydroxyl groups excluding tert-OH is 1. The molecule has 78 valence electrons. The summed E-state index contributed by atoms with van der Waals surface area (Å²) < 4.78 is 0. The van der Waals surface area contributed by atoms with E-state index in [1.54, 1.807) is 0 Å². The Bertz CT molecular complexity index is 279. The Labute approximate surface area is 86.2 Å². The molecule has 0 bridgehead atoms. The predicted octanol–water partition coefficient (Wildman–Crippen LogP) is 2.20. The Kier molecular flexibility index (Phi) is 3.53. The minimum absolute atomic E-state index is 0.137. The number of likely N-dealkylation sites (N-methyl/N-ethyl adjacent to an activating group) is 1. The number of benzene rings is 1. The van der Waals surface area contributed by atoms with Crippen LogP contribution in [0.3, 0.4) is 0 Å². The molecule has 2 nitrogen and oxygen atoms in total. The molecule has 0 radical (unpaired) electrons. The number of rotatable bonds is 3. The fourth-order valence-electron chi connectivity index (χ4n) is 1.34. The number of aliphatic hydroxyl groups is 1. The van der Waals surface area contributed by atoms with Gasteiger partial charge < -0.3 is 10.0 Å². The van der Waals surface area contributed by atoms with Crippen LogP contribution in [0.5, 0.6) is 0 Å². The maximum absolute atomic E-state index is 9.47. The molecule has 2 heteroatoms. The van der Waals surface area contributed by atoms with E-state index < -0.39 is 0 Å². The standard InChI is InChI=1S/C12H19NO/c1-9-5-7-12(8-6-9)13(4)10(2)11(3)14/h5-8,10-11,14H,1-4H3. The van der Waals surface area contributed by atoms with Gasteiger partial charge in [0.2, 0.25) is 0 Å². The average Bonchev–Trinajstić information content (AvgIpc) is 2.16. The summed E-state index contributed by atoms with van der Waals surface area (Å²) in [5, 5.41) is 9.47. The first-order valence-corrected chi connectivity index (χ1v) is 5.00. The van der Waals surface area contributed by atoms with Gasteiger partial charge in [-0.25, -0.2) is 0 Å². The molecule has 2 unspecified atom stereocenters. The lowest BCUT2D eigenvalue weighted by atomic mass is 10.1. The van der Waals surface area contributed by atoms with Gasteiger partial charge in [0.05, 0.1) is 12.1 Å². The second-order valence-electron chi connectivity index (χ2n) is 3.93. The smallest absolute Gasteiger partial charge is 0.0712 e. The highest BCUT2D eigenvalue weighted by Crippen LogP contribution is 2.17. The van der Waals surface area contributed by atoms with Gasteiger partial charge in [-0.05, 0) is 32.9 Å². The minimum atomic E-state index is -0.318. The Morgan fingerprint density at radius 2 is 1.64 bits per heavy atom. The average molecular weight is 193 g/mol. The Balaban J connectivity index is 2.78. The van der Waals surface area contributed by atoms with Crippen molar-refractivity contribution in [3.63, 3.8) is 0 Å². The summed E-state index contributed by atoms with van der Waals surface area (Å²) in [5.74, 6) is 0. The van der Waals surface area contributed by atoms with E-state index in [1.165, 1.54) is 5.56 Å². The summed E-state index contributed by atoms with van der Waals surface area (Å²) >= 11 is 0. The first kappa shape index (κ1) is 11.1. The first-order chi connectivity index (χ1) is 6.52. The molecule has 0 fully saturated rings. The summed E-state index contributed by atoms with van der Waals surface area (Å²) in [6.07, 6.45) is -0.318. The molecule has 0 aliphatic rings. The van der Waals surface area contributed by atoms with Crippen LogP contribution in [0.4, 0.5) is 5.69 Å². The molecular formula is C12H19NO. The van der Waals surface area contributed by atoms with Gasteiger partial charge in [0.15, 0.2) is 0 Å². The van der Waals surface area contributed by atoms with Crippen molar-refractivity contribution in [3.8, 4) is 0 Å². The van der Waals surface area contributed by atoms with Crippen LogP contribution in [0.15, 0.2) is 24.3 Å². The molecule has 0 heterocycles. The second-order valence-corrected chi connectivity index (χ2v) is 3.93. The van der Waals surface area contributed by atoms with Gasteiger partial charge in [0.1, 0.15) is 0 Å². The van der Waals surface area contributed by atoms with Crippen molar-refractivity contribution in [1.82, 2.24) is 0 Å². The highest BCUT2D eigenvalue weighted by atomic mass is 16.3. The van der Waals surface area contributed by atoms with Crippen LogP contribution in [-0.4, -0.2) is 24.3 Å². The molecule has 14 heavy (non-hydrogen) atoms. The van der Waals surface area contributed by atoms with E-state index in [-0.39, 0.29) is 12.1 Å². The second kappa shape index (κ2) is 4.47. The molecule has 0 spiro atoms. The fraction of sp³-hybridized carbons (Fsp3) is 0.500. The van der Waals surface area contributed by atoms with Gasteiger partial charge in [-0.2, -0.15) is 0 Å². The maximum atomic E-state index is 9.47. The van der Waals surface area contributed by atoms with E-state index >= 15 is 0 Å². The van der Waals surface area contributed by atoms with Gasteiger partial charge in [-0.1, -0.05) is 17.7 Å². The zero-order valence-corrected chi connectivity index (χ0v) is 9.36. The van der Waals surface area contributed by atoms with Gasteiger partial charge >= 0.3 is 0 Å². The minimum Gasteiger partial charge on any atom is -0.391 e. The van der Waals surface area contributed by atoms with E-state index in [0.29, 0.717) is 0 Å². The van der Waals surface area contributed by atoms with Gasteiger partial charge in [-0.15, -0.1) is 0 Å². The largest absolute Gasteiger partial charge is 0.391 e. The third-order valence-corrected chi connectivity index (χ3v) is 2.75. The van der Waals surface area contributed by atoms with Crippen LogP contribution in [0.2, 0.25) is 0 Å².